The second-order valence-electron chi connectivity index (χ2n) is 6.38. The van der Waals surface area contributed by atoms with Crippen molar-refractivity contribution in [2.24, 2.45) is 0 Å². The molecule has 3 rings (SSSR count). The minimum atomic E-state index is -0.494. The summed E-state index contributed by atoms with van der Waals surface area (Å²) in [6.45, 7) is 3.74. The van der Waals surface area contributed by atoms with E-state index in [-0.39, 0.29) is 5.91 Å². The smallest absolute Gasteiger partial charge is 0.252 e. The van der Waals surface area contributed by atoms with Crippen molar-refractivity contribution in [3.05, 3.63) is 53.4 Å². The van der Waals surface area contributed by atoms with Gasteiger partial charge >= 0.3 is 0 Å². The third-order valence-electron chi connectivity index (χ3n) is 4.47. The van der Waals surface area contributed by atoms with Crippen molar-refractivity contribution < 1.29 is 23.5 Å². The van der Waals surface area contributed by atoms with Crippen LogP contribution >= 0.6 is 0 Å². The van der Waals surface area contributed by atoms with E-state index in [4.69, 9.17) is 18.7 Å². The predicted molar refractivity (Wildman–Crippen MR) is 106 cm³/mol. The molecule has 8 heteroatoms. The zero-order chi connectivity index (χ0) is 21.0. The summed E-state index contributed by atoms with van der Waals surface area (Å²) in [7, 11) is 4.49. The monoisotopic (exact) mass is 397 g/mol. The molecule has 29 heavy (non-hydrogen) atoms. The highest BCUT2D eigenvalue weighted by atomic mass is 16.5. The average Bonchev–Trinajstić information content (AvgIpc) is 3.23. The number of amides is 1. The summed E-state index contributed by atoms with van der Waals surface area (Å²) in [5.74, 6) is 1.65. The first-order chi connectivity index (χ1) is 14.0. The SMILES string of the molecule is COc1cc(C(=O)NC(C)c2nc(-c3ccccc3C)no2)cc(OC)c1OC. The van der Waals surface area contributed by atoms with E-state index in [9.17, 15) is 4.79 Å². The maximum Gasteiger partial charge on any atom is 0.252 e. The molecule has 0 aliphatic rings. The third-order valence-corrected chi connectivity index (χ3v) is 4.47. The van der Waals surface area contributed by atoms with Crippen LogP contribution in [0.2, 0.25) is 0 Å². The Bertz CT molecular complexity index is 990. The molecular formula is C21H23N3O5. The number of hydrogen-bond acceptors (Lipinski definition) is 7. The van der Waals surface area contributed by atoms with E-state index >= 15 is 0 Å². The van der Waals surface area contributed by atoms with Gasteiger partial charge in [-0.1, -0.05) is 29.4 Å². The molecule has 3 aromatic rings. The van der Waals surface area contributed by atoms with Gasteiger partial charge in [-0.2, -0.15) is 4.98 Å². The third kappa shape index (κ3) is 4.16. The van der Waals surface area contributed by atoms with E-state index in [1.165, 1.54) is 21.3 Å². The summed E-state index contributed by atoms with van der Waals surface area (Å²) < 4.78 is 21.2. The molecule has 0 spiro atoms. The van der Waals surface area contributed by atoms with Crippen LogP contribution in [0.5, 0.6) is 17.2 Å². The zero-order valence-corrected chi connectivity index (χ0v) is 17.0. The first-order valence-electron chi connectivity index (χ1n) is 8.99. The molecule has 1 amide bonds. The molecule has 0 aliphatic heterocycles. The fourth-order valence-corrected chi connectivity index (χ4v) is 2.90. The van der Waals surface area contributed by atoms with Gasteiger partial charge in [-0.05, 0) is 31.5 Å². The number of aromatic nitrogens is 2. The lowest BCUT2D eigenvalue weighted by molar-refractivity contribution is 0.0931. The highest BCUT2D eigenvalue weighted by molar-refractivity contribution is 5.95. The fourth-order valence-electron chi connectivity index (χ4n) is 2.90. The summed E-state index contributed by atoms with van der Waals surface area (Å²) >= 11 is 0. The average molecular weight is 397 g/mol. The predicted octanol–water partition coefficient (Wildman–Crippen LogP) is 3.56. The Hall–Kier alpha value is -3.55. The molecule has 1 aromatic heterocycles. The number of hydrogen-bond donors (Lipinski definition) is 1. The minimum Gasteiger partial charge on any atom is -0.493 e. The highest BCUT2D eigenvalue weighted by Crippen LogP contribution is 2.38. The Morgan fingerprint density at radius 2 is 1.72 bits per heavy atom. The van der Waals surface area contributed by atoms with Crippen molar-refractivity contribution >= 4 is 5.91 Å². The van der Waals surface area contributed by atoms with Crippen LogP contribution < -0.4 is 19.5 Å². The summed E-state index contributed by atoms with van der Waals surface area (Å²) in [6, 6.07) is 10.4. The number of ether oxygens (including phenoxy) is 3. The number of rotatable bonds is 7. The van der Waals surface area contributed by atoms with Crippen LogP contribution in [0.1, 0.15) is 34.8 Å². The number of benzene rings is 2. The lowest BCUT2D eigenvalue weighted by Gasteiger charge is -2.15. The van der Waals surface area contributed by atoms with Gasteiger partial charge in [0.05, 0.1) is 21.3 Å². The van der Waals surface area contributed by atoms with E-state index in [2.05, 4.69) is 15.5 Å². The summed E-state index contributed by atoms with van der Waals surface area (Å²) in [4.78, 5) is 17.2. The lowest BCUT2D eigenvalue weighted by Crippen LogP contribution is -2.27. The normalized spacial score (nSPS) is 11.6. The number of methoxy groups -OCH3 is 3. The molecule has 2 aromatic carbocycles. The fraction of sp³-hybridized carbons (Fsp3) is 0.286. The van der Waals surface area contributed by atoms with Gasteiger partial charge in [0.2, 0.25) is 17.5 Å². The molecule has 152 valence electrons. The lowest BCUT2D eigenvalue weighted by atomic mass is 10.1. The number of nitrogens with one attached hydrogen (secondary N) is 1. The van der Waals surface area contributed by atoms with Gasteiger partial charge in [0.1, 0.15) is 6.04 Å². The van der Waals surface area contributed by atoms with E-state index in [1.54, 1.807) is 19.1 Å². The van der Waals surface area contributed by atoms with Gasteiger partial charge in [0.25, 0.3) is 5.91 Å². The van der Waals surface area contributed by atoms with E-state index in [1.807, 2.05) is 31.2 Å². The van der Waals surface area contributed by atoms with Crippen LogP contribution in [0.4, 0.5) is 0 Å². The van der Waals surface area contributed by atoms with Crippen molar-refractivity contribution in [1.82, 2.24) is 15.5 Å². The Kier molecular flexibility index (Phi) is 6.01. The van der Waals surface area contributed by atoms with E-state index in [0.29, 0.717) is 34.5 Å². The maximum absolute atomic E-state index is 12.7. The molecule has 1 N–H and O–H groups in total. The maximum atomic E-state index is 12.7. The molecule has 0 fully saturated rings. The Labute approximate surface area is 168 Å². The Morgan fingerprint density at radius 1 is 1.07 bits per heavy atom. The van der Waals surface area contributed by atoms with Gasteiger partial charge in [0, 0.05) is 11.1 Å². The van der Waals surface area contributed by atoms with Crippen LogP contribution in [0, 0.1) is 6.92 Å². The second-order valence-corrected chi connectivity index (χ2v) is 6.38. The molecule has 0 radical (unpaired) electrons. The van der Waals surface area contributed by atoms with Crippen molar-refractivity contribution in [3.63, 3.8) is 0 Å². The van der Waals surface area contributed by atoms with Crippen molar-refractivity contribution in [1.29, 1.82) is 0 Å². The Balaban J connectivity index is 1.80. The van der Waals surface area contributed by atoms with E-state index in [0.717, 1.165) is 11.1 Å². The Morgan fingerprint density at radius 3 is 2.31 bits per heavy atom. The van der Waals surface area contributed by atoms with Gasteiger partial charge in [-0.3, -0.25) is 4.79 Å². The minimum absolute atomic E-state index is 0.309. The zero-order valence-electron chi connectivity index (χ0n) is 17.0. The molecule has 8 nitrogen and oxygen atoms in total. The van der Waals surface area contributed by atoms with Gasteiger partial charge < -0.3 is 24.1 Å². The standard InChI is InChI=1S/C21H23N3O5/c1-12-8-6-7-9-15(12)19-23-21(29-24-19)13(2)22-20(25)14-10-16(26-3)18(28-5)17(11-14)27-4/h6-11,13H,1-5H3,(H,22,25). The number of carbonyl (C=O) groups is 1. The molecule has 0 aliphatic carbocycles. The molecular weight excluding hydrogens is 374 g/mol. The van der Waals surface area contributed by atoms with Crippen LogP contribution in [0.25, 0.3) is 11.4 Å². The van der Waals surface area contributed by atoms with Crippen molar-refractivity contribution in [3.8, 4) is 28.6 Å². The summed E-state index contributed by atoms with van der Waals surface area (Å²) in [5.41, 5.74) is 2.27. The van der Waals surface area contributed by atoms with Crippen LogP contribution in [0.3, 0.4) is 0 Å². The largest absolute Gasteiger partial charge is 0.493 e. The molecule has 0 bridgehead atoms. The van der Waals surface area contributed by atoms with Crippen molar-refractivity contribution in [2.75, 3.05) is 21.3 Å². The highest BCUT2D eigenvalue weighted by Gasteiger charge is 2.21. The van der Waals surface area contributed by atoms with Crippen LogP contribution in [0.15, 0.2) is 40.9 Å². The molecule has 0 saturated carbocycles. The number of nitrogens with zero attached hydrogens (tertiary/aromatic N) is 2. The van der Waals surface area contributed by atoms with Crippen LogP contribution in [-0.2, 0) is 0 Å². The quantitative estimate of drug-likeness (QED) is 0.651. The van der Waals surface area contributed by atoms with Crippen LogP contribution in [-0.4, -0.2) is 37.4 Å². The van der Waals surface area contributed by atoms with E-state index < -0.39 is 6.04 Å². The first kappa shape index (κ1) is 20.2. The summed E-state index contributed by atoms with van der Waals surface area (Å²) in [5, 5.41) is 6.88. The molecule has 1 unspecified atom stereocenters. The summed E-state index contributed by atoms with van der Waals surface area (Å²) in [6.07, 6.45) is 0. The topological polar surface area (TPSA) is 95.7 Å². The molecule has 1 atom stereocenters. The molecule has 1 heterocycles. The number of aryl methyl sites for hydroxylation is 1. The second kappa shape index (κ2) is 8.64. The number of carbonyl (C=O) groups excluding carboxylic acids is 1. The van der Waals surface area contributed by atoms with Gasteiger partial charge in [-0.25, -0.2) is 0 Å². The van der Waals surface area contributed by atoms with Gasteiger partial charge in [0.15, 0.2) is 11.5 Å². The van der Waals surface area contributed by atoms with Crippen molar-refractivity contribution in [2.45, 2.75) is 19.9 Å². The van der Waals surface area contributed by atoms with Gasteiger partial charge in [-0.15, -0.1) is 0 Å². The molecule has 0 saturated heterocycles. The first-order valence-corrected chi connectivity index (χ1v) is 8.99.